The van der Waals surface area contributed by atoms with E-state index in [2.05, 4.69) is 10.4 Å². The van der Waals surface area contributed by atoms with E-state index in [0.29, 0.717) is 28.6 Å². The van der Waals surface area contributed by atoms with Crippen LogP contribution in [0.3, 0.4) is 0 Å². The van der Waals surface area contributed by atoms with E-state index >= 15 is 0 Å². The second kappa shape index (κ2) is 8.84. The molecule has 1 heterocycles. The summed E-state index contributed by atoms with van der Waals surface area (Å²) in [5.74, 6) is 0.514. The minimum absolute atomic E-state index is 0.244. The maximum absolute atomic E-state index is 13.1. The number of anilines is 1. The highest BCUT2D eigenvalue weighted by Crippen LogP contribution is 2.26. The number of carbonyl (C=O) groups excluding carboxylic acids is 1. The fourth-order valence-corrected chi connectivity index (χ4v) is 3.20. The summed E-state index contributed by atoms with van der Waals surface area (Å²) in [5.41, 5.74) is 3.41. The summed E-state index contributed by atoms with van der Waals surface area (Å²) in [7, 11) is 0. The average molecular weight is 418 g/mol. The average Bonchev–Trinajstić information content (AvgIpc) is 3.22. The number of para-hydroxylation sites is 1. The van der Waals surface area contributed by atoms with Gasteiger partial charge in [-0.1, -0.05) is 41.9 Å². The van der Waals surface area contributed by atoms with Crippen molar-refractivity contribution in [2.45, 2.75) is 6.92 Å². The number of halogens is 1. The summed E-state index contributed by atoms with van der Waals surface area (Å²) in [4.78, 5) is 13.1. The Labute approximate surface area is 179 Å². The quantitative estimate of drug-likeness (QED) is 0.428. The van der Waals surface area contributed by atoms with Gasteiger partial charge in [-0.3, -0.25) is 4.79 Å². The van der Waals surface area contributed by atoms with Gasteiger partial charge in [0.25, 0.3) is 5.91 Å². The molecule has 0 atom stereocenters. The van der Waals surface area contributed by atoms with Gasteiger partial charge in [0, 0.05) is 22.5 Å². The van der Waals surface area contributed by atoms with Crippen molar-refractivity contribution < 1.29 is 9.53 Å². The Hall–Kier alpha value is -3.57. The van der Waals surface area contributed by atoms with Crippen LogP contribution in [0.5, 0.6) is 5.75 Å². The molecule has 3 aromatic carbocycles. The van der Waals surface area contributed by atoms with Gasteiger partial charge in [0.1, 0.15) is 11.4 Å². The molecule has 0 aliphatic heterocycles. The van der Waals surface area contributed by atoms with E-state index in [1.807, 2.05) is 73.7 Å². The molecule has 5 nitrogen and oxygen atoms in total. The standard InChI is InChI=1S/C24H20ClN3O2/c1-2-30-21-14-12-19(13-15-21)26-24(29)22-16-28(20-6-4-3-5-7-20)27-23(22)17-8-10-18(25)11-9-17/h3-16H,2H2,1H3,(H,26,29). The van der Waals surface area contributed by atoms with Crippen molar-refractivity contribution in [2.24, 2.45) is 0 Å². The van der Waals surface area contributed by atoms with Gasteiger partial charge in [-0.25, -0.2) is 4.68 Å². The third-order valence-corrected chi connectivity index (χ3v) is 4.77. The lowest BCUT2D eigenvalue weighted by molar-refractivity contribution is 0.102. The minimum atomic E-state index is -0.244. The van der Waals surface area contributed by atoms with E-state index in [9.17, 15) is 4.79 Å². The van der Waals surface area contributed by atoms with Gasteiger partial charge in [-0.2, -0.15) is 5.10 Å². The number of ether oxygens (including phenoxy) is 1. The number of hydrogen-bond donors (Lipinski definition) is 1. The molecule has 0 fully saturated rings. The Morgan fingerprint density at radius 2 is 1.70 bits per heavy atom. The predicted octanol–water partition coefficient (Wildman–Crippen LogP) is 5.84. The first kappa shape index (κ1) is 19.7. The lowest BCUT2D eigenvalue weighted by atomic mass is 10.1. The van der Waals surface area contributed by atoms with Crippen LogP contribution in [0.2, 0.25) is 5.02 Å². The van der Waals surface area contributed by atoms with Crippen LogP contribution < -0.4 is 10.1 Å². The normalized spacial score (nSPS) is 10.6. The number of hydrogen-bond acceptors (Lipinski definition) is 3. The SMILES string of the molecule is CCOc1ccc(NC(=O)c2cn(-c3ccccc3)nc2-c2ccc(Cl)cc2)cc1. The van der Waals surface area contributed by atoms with Crippen LogP contribution in [-0.2, 0) is 0 Å². The summed E-state index contributed by atoms with van der Waals surface area (Å²) in [6.45, 7) is 2.52. The number of rotatable bonds is 6. The van der Waals surface area contributed by atoms with Gasteiger partial charge >= 0.3 is 0 Å². The monoisotopic (exact) mass is 417 g/mol. The molecule has 150 valence electrons. The largest absolute Gasteiger partial charge is 0.494 e. The molecule has 1 N–H and O–H groups in total. The first-order valence-electron chi connectivity index (χ1n) is 9.59. The van der Waals surface area contributed by atoms with Crippen LogP contribution >= 0.6 is 11.6 Å². The molecule has 0 aliphatic carbocycles. The Bertz CT molecular complexity index is 1140. The van der Waals surface area contributed by atoms with Gasteiger partial charge in [0.15, 0.2) is 0 Å². The molecule has 0 saturated carbocycles. The van der Waals surface area contributed by atoms with Crippen LogP contribution in [0.15, 0.2) is 85.1 Å². The molecular formula is C24H20ClN3O2. The fraction of sp³-hybridized carbons (Fsp3) is 0.0833. The molecule has 6 heteroatoms. The molecule has 0 bridgehead atoms. The van der Waals surface area contributed by atoms with Crippen molar-refractivity contribution in [3.8, 4) is 22.7 Å². The van der Waals surface area contributed by atoms with Crippen molar-refractivity contribution in [2.75, 3.05) is 11.9 Å². The third kappa shape index (κ3) is 4.36. The molecule has 0 unspecified atom stereocenters. The van der Waals surface area contributed by atoms with Gasteiger partial charge in [-0.15, -0.1) is 0 Å². The first-order chi connectivity index (χ1) is 14.6. The van der Waals surface area contributed by atoms with Gasteiger partial charge in [0.05, 0.1) is 17.9 Å². The molecule has 30 heavy (non-hydrogen) atoms. The van der Waals surface area contributed by atoms with E-state index in [0.717, 1.165) is 17.0 Å². The van der Waals surface area contributed by atoms with Crippen molar-refractivity contribution >= 4 is 23.2 Å². The van der Waals surface area contributed by atoms with E-state index in [1.54, 1.807) is 23.0 Å². The van der Waals surface area contributed by atoms with Crippen molar-refractivity contribution in [3.05, 3.63) is 95.6 Å². The van der Waals surface area contributed by atoms with Crippen LogP contribution in [0, 0.1) is 0 Å². The Kier molecular flexibility index (Phi) is 5.82. The number of carbonyl (C=O) groups is 1. The Morgan fingerprint density at radius 3 is 2.37 bits per heavy atom. The van der Waals surface area contributed by atoms with E-state index < -0.39 is 0 Å². The molecule has 4 rings (SSSR count). The third-order valence-electron chi connectivity index (χ3n) is 4.52. The highest BCUT2D eigenvalue weighted by atomic mass is 35.5. The second-order valence-electron chi connectivity index (χ2n) is 6.59. The summed E-state index contributed by atoms with van der Waals surface area (Å²) >= 11 is 6.03. The van der Waals surface area contributed by atoms with Crippen molar-refractivity contribution in [1.82, 2.24) is 9.78 Å². The number of aromatic nitrogens is 2. The number of nitrogens with one attached hydrogen (secondary N) is 1. The van der Waals surface area contributed by atoms with Crippen molar-refractivity contribution in [3.63, 3.8) is 0 Å². The molecule has 0 radical (unpaired) electrons. The zero-order valence-corrected chi connectivity index (χ0v) is 17.1. The molecular weight excluding hydrogens is 398 g/mol. The number of benzene rings is 3. The van der Waals surface area contributed by atoms with Crippen LogP contribution in [0.1, 0.15) is 17.3 Å². The smallest absolute Gasteiger partial charge is 0.259 e. The van der Waals surface area contributed by atoms with Crippen LogP contribution in [0.25, 0.3) is 16.9 Å². The van der Waals surface area contributed by atoms with E-state index in [-0.39, 0.29) is 5.91 Å². The molecule has 0 spiro atoms. The predicted molar refractivity (Wildman–Crippen MR) is 120 cm³/mol. The van der Waals surface area contributed by atoms with E-state index in [4.69, 9.17) is 16.3 Å². The summed E-state index contributed by atoms with van der Waals surface area (Å²) in [5, 5.41) is 8.24. The number of nitrogens with zero attached hydrogens (tertiary/aromatic N) is 2. The highest BCUT2D eigenvalue weighted by molar-refractivity contribution is 6.30. The summed E-state index contributed by atoms with van der Waals surface area (Å²) < 4.78 is 7.16. The van der Waals surface area contributed by atoms with Crippen molar-refractivity contribution in [1.29, 1.82) is 0 Å². The molecule has 0 aliphatic rings. The van der Waals surface area contributed by atoms with E-state index in [1.165, 1.54) is 0 Å². The molecule has 4 aromatic rings. The van der Waals surface area contributed by atoms with Crippen LogP contribution in [-0.4, -0.2) is 22.3 Å². The molecule has 1 amide bonds. The second-order valence-corrected chi connectivity index (χ2v) is 7.03. The molecule has 1 aromatic heterocycles. The minimum Gasteiger partial charge on any atom is -0.494 e. The lowest BCUT2D eigenvalue weighted by Gasteiger charge is -2.07. The van der Waals surface area contributed by atoms with Gasteiger partial charge in [0.2, 0.25) is 0 Å². The zero-order chi connectivity index (χ0) is 20.9. The van der Waals surface area contributed by atoms with Gasteiger partial charge in [-0.05, 0) is 55.5 Å². The maximum Gasteiger partial charge on any atom is 0.259 e. The summed E-state index contributed by atoms with van der Waals surface area (Å²) in [6.07, 6.45) is 1.74. The topological polar surface area (TPSA) is 56.1 Å². The molecule has 0 saturated heterocycles. The summed E-state index contributed by atoms with van der Waals surface area (Å²) in [6, 6.07) is 24.2. The Balaban J connectivity index is 1.68. The maximum atomic E-state index is 13.1. The van der Waals surface area contributed by atoms with Crippen LogP contribution in [0.4, 0.5) is 5.69 Å². The Morgan fingerprint density at radius 1 is 1.00 bits per heavy atom. The fourth-order valence-electron chi connectivity index (χ4n) is 3.07. The number of amides is 1. The highest BCUT2D eigenvalue weighted by Gasteiger charge is 2.19. The lowest BCUT2D eigenvalue weighted by Crippen LogP contribution is -2.12. The van der Waals surface area contributed by atoms with Gasteiger partial charge < -0.3 is 10.1 Å². The zero-order valence-electron chi connectivity index (χ0n) is 16.4. The first-order valence-corrected chi connectivity index (χ1v) is 9.97.